The fraction of sp³-hybridized carbons (Fsp3) is 0.483. The van der Waals surface area contributed by atoms with Crippen LogP contribution in [0, 0.1) is 12.7 Å². The maximum atomic E-state index is 14.4. The van der Waals surface area contributed by atoms with Crippen molar-refractivity contribution in [3.8, 4) is 0 Å². The average Bonchev–Trinajstić information content (AvgIpc) is 3.50. The van der Waals surface area contributed by atoms with Gasteiger partial charge < -0.3 is 19.3 Å². The molecule has 2 aromatic heterocycles. The number of hydrogen-bond acceptors (Lipinski definition) is 7. The van der Waals surface area contributed by atoms with E-state index in [1.807, 2.05) is 19.2 Å². The van der Waals surface area contributed by atoms with Crippen LogP contribution in [0.4, 0.5) is 27.3 Å². The maximum Gasteiger partial charge on any atom is 0.228 e. The molecule has 0 aliphatic carbocycles. The summed E-state index contributed by atoms with van der Waals surface area (Å²) in [4.78, 5) is 29.2. The molecule has 0 radical (unpaired) electrons. The first-order valence-corrected chi connectivity index (χ1v) is 13.6. The van der Waals surface area contributed by atoms with Crippen molar-refractivity contribution in [3.63, 3.8) is 0 Å². The summed E-state index contributed by atoms with van der Waals surface area (Å²) >= 11 is 0. The Bertz CT molecular complexity index is 1420. The summed E-state index contributed by atoms with van der Waals surface area (Å²) in [6, 6.07) is 7.06. The summed E-state index contributed by atoms with van der Waals surface area (Å²) in [5.74, 6) is 0.367. The molecule has 9 heteroatoms. The van der Waals surface area contributed by atoms with Gasteiger partial charge in [0.15, 0.2) is 0 Å². The van der Waals surface area contributed by atoms with E-state index in [4.69, 9.17) is 19.4 Å². The lowest BCUT2D eigenvalue weighted by Gasteiger charge is -2.34. The number of pyridine rings is 2. The SMILES string of the molecule is Cc1c(N2CCCC2=O)nc2cc(F)ccc2c1N1CC2(CCOCC2)c2ncc(N3CCOCC3)cc21. The smallest absolute Gasteiger partial charge is 0.228 e. The number of nitrogens with zero attached hydrogens (tertiary/aromatic N) is 5. The highest BCUT2D eigenvalue weighted by molar-refractivity contribution is 6.03. The topological polar surface area (TPSA) is 71.0 Å². The number of anilines is 4. The second kappa shape index (κ2) is 9.17. The third kappa shape index (κ3) is 3.74. The van der Waals surface area contributed by atoms with Crippen LogP contribution in [-0.4, -0.2) is 68.5 Å². The predicted molar refractivity (Wildman–Crippen MR) is 144 cm³/mol. The Morgan fingerprint density at radius 3 is 2.55 bits per heavy atom. The molecule has 7 rings (SSSR count). The van der Waals surface area contributed by atoms with Crippen molar-refractivity contribution in [1.82, 2.24) is 9.97 Å². The van der Waals surface area contributed by atoms with Gasteiger partial charge in [0.05, 0.1) is 47.7 Å². The minimum absolute atomic E-state index is 0.0706. The number of fused-ring (bicyclic) bond motifs is 3. The first-order valence-electron chi connectivity index (χ1n) is 13.6. The van der Waals surface area contributed by atoms with Gasteiger partial charge in [-0.25, -0.2) is 9.37 Å². The quantitative estimate of drug-likeness (QED) is 0.515. The largest absolute Gasteiger partial charge is 0.381 e. The molecule has 8 nitrogen and oxygen atoms in total. The van der Waals surface area contributed by atoms with Gasteiger partial charge in [-0.2, -0.15) is 0 Å². The zero-order valence-corrected chi connectivity index (χ0v) is 21.7. The van der Waals surface area contributed by atoms with Crippen LogP contribution in [0.3, 0.4) is 0 Å². The maximum absolute atomic E-state index is 14.4. The number of ether oxygens (including phenoxy) is 2. The molecule has 1 aromatic carbocycles. The van der Waals surface area contributed by atoms with Gasteiger partial charge in [-0.15, -0.1) is 0 Å². The lowest BCUT2D eigenvalue weighted by Crippen LogP contribution is -2.38. The Balaban J connectivity index is 1.43. The van der Waals surface area contributed by atoms with Crippen molar-refractivity contribution in [1.29, 1.82) is 0 Å². The van der Waals surface area contributed by atoms with Gasteiger partial charge in [0.25, 0.3) is 0 Å². The van der Waals surface area contributed by atoms with Crippen LogP contribution in [-0.2, 0) is 19.7 Å². The van der Waals surface area contributed by atoms with Crippen LogP contribution >= 0.6 is 0 Å². The normalized spacial score (nSPS) is 21.1. The van der Waals surface area contributed by atoms with Crippen LogP contribution in [0.25, 0.3) is 10.9 Å². The predicted octanol–water partition coefficient (Wildman–Crippen LogP) is 4.24. The zero-order valence-electron chi connectivity index (χ0n) is 21.7. The van der Waals surface area contributed by atoms with E-state index in [1.54, 1.807) is 4.90 Å². The molecule has 198 valence electrons. The van der Waals surface area contributed by atoms with Crippen molar-refractivity contribution >= 4 is 39.7 Å². The molecule has 4 aliphatic heterocycles. The molecule has 6 heterocycles. The number of hydrogen-bond donors (Lipinski definition) is 0. The minimum atomic E-state index is -0.336. The summed E-state index contributed by atoms with van der Waals surface area (Å²) in [7, 11) is 0. The number of carbonyl (C=O) groups excluding carboxylic acids is 1. The Morgan fingerprint density at radius 2 is 1.79 bits per heavy atom. The summed E-state index contributed by atoms with van der Waals surface area (Å²) < 4.78 is 25.8. The summed E-state index contributed by atoms with van der Waals surface area (Å²) in [6.45, 7) is 7.91. The molecule has 1 spiro atoms. The molecular formula is C29H32FN5O3. The van der Waals surface area contributed by atoms with Gasteiger partial charge in [-0.05, 0) is 44.4 Å². The van der Waals surface area contributed by atoms with E-state index < -0.39 is 0 Å². The van der Waals surface area contributed by atoms with Crippen molar-refractivity contribution in [2.24, 2.45) is 0 Å². The molecule has 0 atom stereocenters. The van der Waals surface area contributed by atoms with Crippen LogP contribution < -0.4 is 14.7 Å². The lowest BCUT2D eigenvalue weighted by molar-refractivity contribution is -0.117. The van der Waals surface area contributed by atoms with E-state index in [-0.39, 0.29) is 17.1 Å². The number of rotatable bonds is 3. The highest BCUT2D eigenvalue weighted by atomic mass is 19.1. The molecule has 0 N–H and O–H groups in total. The average molecular weight is 518 g/mol. The number of amides is 1. The molecule has 0 saturated carbocycles. The second-order valence-corrected chi connectivity index (χ2v) is 10.9. The molecule has 0 bridgehead atoms. The van der Waals surface area contributed by atoms with E-state index in [2.05, 4.69) is 15.9 Å². The van der Waals surface area contributed by atoms with Crippen molar-refractivity contribution in [2.75, 3.05) is 67.3 Å². The molecule has 3 aromatic rings. The molecule has 3 saturated heterocycles. The highest BCUT2D eigenvalue weighted by Crippen LogP contribution is 2.52. The molecule has 3 fully saturated rings. The van der Waals surface area contributed by atoms with Crippen LogP contribution in [0.1, 0.15) is 36.9 Å². The van der Waals surface area contributed by atoms with E-state index in [9.17, 15) is 9.18 Å². The second-order valence-electron chi connectivity index (χ2n) is 10.9. The third-order valence-corrected chi connectivity index (χ3v) is 8.66. The first kappa shape index (κ1) is 23.8. The number of aromatic nitrogens is 2. The molecule has 38 heavy (non-hydrogen) atoms. The molecular weight excluding hydrogens is 485 g/mol. The molecule has 0 unspecified atom stereocenters. The van der Waals surface area contributed by atoms with Crippen LogP contribution in [0.2, 0.25) is 0 Å². The van der Waals surface area contributed by atoms with E-state index in [1.165, 1.54) is 12.1 Å². The Hall–Kier alpha value is -3.30. The van der Waals surface area contributed by atoms with Gasteiger partial charge in [-0.1, -0.05) is 0 Å². The number of morpholine rings is 1. The summed E-state index contributed by atoms with van der Waals surface area (Å²) in [5, 5.41) is 0.881. The minimum Gasteiger partial charge on any atom is -0.381 e. The third-order valence-electron chi connectivity index (χ3n) is 8.66. The van der Waals surface area contributed by atoms with E-state index in [0.717, 1.165) is 72.6 Å². The fourth-order valence-electron chi connectivity index (χ4n) is 6.66. The van der Waals surface area contributed by atoms with Gasteiger partial charge in [0, 0.05) is 68.2 Å². The summed E-state index contributed by atoms with van der Waals surface area (Å²) in [5.41, 5.74) is 5.62. The van der Waals surface area contributed by atoms with E-state index >= 15 is 0 Å². The van der Waals surface area contributed by atoms with Gasteiger partial charge in [0.1, 0.15) is 11.6 Å². The highest BCUT2D eigenvalue weighted by Gasteiger charge is 2.47. The lowest BCUT2D eigenvalue weighted by atomic mass is 9.78. The molecule has 1 amide bonds. The van der Waals surface area contributed by atoms with Crippen molar-refractivity contribution in [3.05, 3.63) is 47.5 Å². The monoisotopic (exact) mass is 517 g/mol. The Labute approximate surface area is 221 Å². The van der Waals surface area contributed by atoms with Gasteiger partial charge in [-0.3, -0.25) is 14.7 Å². The standard InChI is InChI=1S/C29H32FN5O3/c1-19-26(22-5-4-20(30)15-23(22)32-28(19)34-8-2-3-25(34)36)35-18-29(6-11-37-12-7-29)27-24(35)16-21(17-31-27)33-9-13-38-14-10-33/h4-5,15-17H,2-3,6-14,18H2,1H3. The molecule has 4 aliphatic rings. The Morgan fingerprint density at radius 1 is 1.00 bits per heavy atom. The van der Waals surface area contributed by atoms with Gasteiger partial charge >= 0.3 is 0 Å². The van der Waals surface area contributed by atoms with Crippen LogP contribution in [0.5, 0.6) is 0 Å². The number of halogens is 1. The van der Waals surface area contributed by atoms with Crippen molar-refractivity contribution in [2.45, 2.75) is 38.0 Å². The fourth-order valence-corrected chi connectivity index (χ4v) is 6.66. The Kier molecular flexibility index (Phi) is 5.74. The van der Waals surface area contributed by atoms with Gasteiger partial charge in [0.2, 0.25) is 5.91 Å². The summed E-state index contributed by atoms with van der Waals surface area (Å²) in [6.07, 6.45) is 5.12. The zero-order chi connectivity index (χ0) is 25.9. The number of carbonyl (C=O) groups is 1. The van der Waals surface area contributed by atoms with Crippen LogP contribution in [0.15, 0.2) is 30.5 Å². The van der Waals surface area contributed by atoms with E-state index in [0.29, 0.717) is 50.7 Å². The first-order chi connectivity index (χ1) is 18.5. The number of benzene rings is 1. The van der Waals surface area contributed by atoms with Crippen molar-refractivity contribution < 1.29 is 18.7 Å².